The van der Waals surface area contributed by atoms with Crippen LogP contribution in [0.1, 0.15) is 9.67 Å². The average molecular weight is 422 g/mol. The second-order valence-electron chi connectivity index (χ2n) is 6.45. The van der Waals surface area contributed by atoms with Gasteiger partial charge in [-0.05, 0) is 47.9 Å². The summed E-state index contributed by atoms with van der Waals surface area (Å²) in [4.78, 5) is 14.7. The number of carbonyl (C=O) groups excluding carboxylic acids is 1. The molecule has 1 aliphatic rings. The monoisotopic (exact) mass is 422 g/mol. The fraction of sp³-hybridized carbons (Fsp3) is 0.211. The van der Waals surface area contributed by atoms with Crippen molar-refractivity contribution in [1.29, 1.82) is 0 Å². The molecule has 5 nitrogen and oxygen atoms in total. The van der Waals surface area contributed by atoms with Crippen LogP contribution in [0.25, 0.3) is 10.1 Å². The number of nitrogens with zero attached hydrogens (tertiary/aromatic N) is 2. The molecule has 0 radical (unpaired) electrons. The summed E-state index contributed by atoms with van der Waals surface area (Å²) in [7, 11) is -3.81. The summed E-state index contributed by atoms with van der Waals surface area (Å²) in [6.45, 7) is 0.722. The first-order valence-electron chi connectivity index (χ1n) is 8.59. The van der Waals surface area contributed by atoms with Gasteiger partial charge in [-0.3, -0.25) is 4.79 Å². The third kappa shape index (κ3) is 3.52. The number of rotatable bonds is 3. The maximum absolute atomic E-state index is 13.4. The zero-order valence-corrected chi connectivity index (χ0v) is 16.3. The number of benzene rings is 2. The van der Waals surface area contributed by atoms with Crippen molar-refractivity contribution >= 4 is 37.4 Å². The summed E-state index contributed by atoms with van der Waals surface area (Å²) in [5.41, 5.74) is 0. The van der Waals surface area contributed by atoms with Gasteiger partial charge in [0.2, 0.25) is 10.0 Å². The highest BCUT2D eigenvalue weighted by Gasteiger charge is 2.31. The van der Waals surface area contributed by atoms with E-state index in [-0.39, 0.29) is 42.8 Å². The highest BCUT2D eigenvalue weighted by atomic mass is 32.2. The normalized spacial score (nSPS) is 15.9. The van der Waals surface area contributed by atoms with E-state index < -0.39 is 15.8 Å². The third-order valence-corrected chi connectivity index (χ3v) is 7.65. The first-order valence-corrected chi connectivity index (χ1v) is 10.8. The Bertz CT molecular complexity index is 1150. The Balaban J connectivity index is 1.48. The van der Waals surface area contributed by atoms with Crippen LogP contribution in [0.4, 0.5) is 8.78 Å². The maximum atomic E-state index is 13.4. The van der Waals surface area contributed by atoms with E-state index in [9.17, 15) is 22.0 Å². The zero-order chi connectivity index (χ0) is 19.9. The Hall–Kier alpha value is -2.36. The molecule has 1 aliphatic heterocycles. The lowest BCUT2D eigenvalue weighted by atomic mass is 10.2. The van der Waals surface area contributed by atoms with Crippen LogP contribution in [0.2, 0.25) is 0 Å². The van der Waals surface area contributed by atoms with E-state index in [0.717, 1.165) is 10.8 Å². The molecule has 1 fully saturated rings. The predicted molar refractivity (Wildman–Crippen MR) is 103 cm³/mol. The highest BCUT2D eigenvalue weighted by molar-refractivity contribution is 7.89. The minimum Gasteiger partial charge on any atom is -0.335 e. The molecule has 9 heteroatoms. The van der Waals surface area contributed by atoms with Gasteiger partial charge in [0.1, 0.15) is 11.6 Å². The van der Waals surface area contributed by atoms with Crippen LogP contribution < -0.4 is 0 Å². The van der Waals surface area contributed by atoms with Crippen LogP contribution in [-0.2, 0) is 10.0 Å². The molecule has 1 saturated heterocycles. The van der Waals surface area contributed by atoms with Crippen molar-refractivity contribution in [2.45, 2.75) is 4.90 Å². The molecule has 0 atom stereocenters. The molecule has 0 aliphatic carbocycles. The molecular weight excluding hydrogens is 406 g/mol. The van der Waals surface area contributed by atoms with Crippen molar-refractivity contribution in [2.24, 2.45) is 0 Å². The quantitative estimate of drug-likeness (QED) is 0.651. The molecule has 0 unspecified atom stereocenters. The van der Waals surface area contributed by atoms with Gasteiger partial charge in [0.15, 0.2) is 0 Å². The molecule has 3 aromatic rings. The fourth-order valence-corrected chi connectivity index (χ4v) is 5.65. The Kier molecular flexibility index (Phi) is 4.90. The topological polar surface area (TPSA) is 57.7 Å². The molecule has 0 spiro atoms. The van der Waals surface area contributed by atoms with Crippen LogP contribution in [-0.4, -0.2) is 49.7 Å². The van der Waals surface area contributed by atoms with E-state index >= 15 is 0 Å². The van der Waals surface area contributed by atoms with Crippen LogP contribution >= 0.6 is 11.3 Å². The minimum atomic E-state index is -3.81. The van der Waals surface area contributed by atoms with Crippen molar-refractivity contribution in [3.05, 3.63) is 65.0 Å². The Morgan fingerprint density at radius 2 is 1.64 bits per heavy atom. The van der Waals surface area contributed by atoms with Gasteiger partial charge in [-0.25, -0.2) is 17.2 Å². The standard InChI is InChI=1S/C19H16F2N2O3S2/c20-14-2-1-3-16(12-14)28(25,26)23-8-6-22(7-9-23)19(24)18-11-13-10-15(21)4-5-17(13)27-18/h1-5,10-12H,6-9H2. The number of fused-ring (bicyclic) bond motifs is 1. The van der Waals surface area contributed by atoms with Crippen LogP contribution in [0, 0.1) is 11.6 Å². The van der Waals surface area contributed by atoms with Gasteiger partial charge >= 0.3 is 0 Å². The Morgan fingerprint density at radius 1 is 0.929 bits per heavy atom. The molecule has 2 aromatic carbocycles. The number of sulfonamides is 1. The summed E-state index contributed by atoms with van der Waals surface area (Å²) in [6.07, 6.45) is 0. The SMILES string of the molecule is O=C(c1cc2cc(F)ccc2s1)N1CCN(S(=O)(=O)c2cccc(F)c2)CC1. The lowest BCUT2D eigenvalue weighted by Crippen LogP contribution is -2.50. The molecule has 146 valence electrons. The molecule has 28 heavy (non-hydrogen) atoms. The van der Waals surface area contributed by atoms with Gasteiger partial charge in [0.05, 0.1) is 9.77 Å². The lowest BCUT2D eigenvalue weighted by molar-refractivity contribution is 0.0703. The Labute approximate surface area is 164 Å². The van der Waals surface area contributed by atoms with E-state index in [2.05, 4.69) is 0 Å². The average Bonchev–Trinajstić information content (AvgIpc) is 3.10. The number of amides is 1. The molecule has 1 aromatic heterocycles. The number of piperazine rings is 1. The molecule has 4 rings (SSSR count). The molecule has 0 saturated carbocycles. The van der Waals surface area contributed by atoms with Crippen molar-refractivity contribution < 1.29 is 22.0 Å². The third-order valence-electron chi connectivity index (χ3n) is 4.65. The van der Waals surface area contributed by atoms with Gasteiger partial charge in [-0.2, -0.15) is 4.31 Å². The van der Waals surface area contributed by atoms with Gasteiger partial charge in [-0.1, -0.05) is 6.07 Å². The highest BCUT2D eigenvalue weighted by Crippen LogP contribution is 2.28. The number of halogens is 2. The molecule has 0 bridgehead atoms. The molecule has 2 heterocycles. The van der Waals surface area contributed by atoms with Crippen molar-refractivity contribution in [3.63, 3.8) is 0 Å². The summed E-state index contributed by atoms with van der Waals surface area (Å²) in [5, 5.41) is 0.667. The van der Waals surface area contributed by atoms with E-state index in [1.54, 1.807) is 17.0 Å². The van der Waals surface area contributed by atoms with E-state index in [1.165, 1.54) is 46.0 Å². The smallest absolute Gasteiger partial charge is 0.264 e. The van der Waals surface area contributed by atoms with Crippen LogP contribution in [0.5, 0.6) is 0 Å². The molecule has 0 N–H and O–H groups in total. The maximum Gasteiger partial charge on any atom is 0.264 e. The number of hydrogen-bond acceptors (Lipinski definition) is 4. The van der Waals surface area contributed by atoms with Crippen molar-refractivity contribution in [1.82, 2.24) is 9.21 Å². The largest absolute Gasteiger partial charge is 0.335 e. The summed E-state index contributed by atoms with van der Waals surface area (Å²) < 4.78 is 54.1. The van der Waals surface area contributed by atoms with Crippen molar-refractivity contribution in [2.75, 3.05) is 26.2 Å². The number of hydrogen-bond donors (Lipinski definition) is 0. The van der Waals surface area contributed by atoms with Crippen LogP contribution in [0.3, 0.4) is 0 Å². The second-order valence-corrected chi connectivity index (χ2v) is 9.47. The zero-order valence-electron chi connectivity index (χ0n) is 14.6. The first kappa shape index (κ1) is 19.0. The van der Waals surface area contributed by atoms with E-state index in [4.69, 9.17) is 0 Å². The fourth-order valence-electron chi connectivity index (χ4n) is 3.18. The van der Waals surface area contributed by atoms with Gasteiger partial charge in [0, 0.05) is 30.9 Å². The van der Waals surface area contributed by atoms with Gasteiger partial charge < -0.3 is 4.90 Å². The predicted octanol–water partition coefficient (Wildman–Crippen LogP) is 3.33. The summed E-state index contributed by atoms with van der Waals surface area (Å²) in [6, 6.07) is 10.9. The molecule has 1 amide bonds. The molecular formula is C19H16F2N2O3S2. The van der Waals surface area contributed by atoms with E-state index in [0.29, 0.717) is 10.3 Å². The number of thiophene rings is 1. The van der Waals surface area contributed by atoms with E-state index in [1.807, 2.05) is 0 Å². The van der Waals surface area contributed by atoms with Crippen molar-refractivity contribution in [3.8, 4) is 0 Å². The second kappa shape index (κ2) is 7.23. The summed E-state index contributed by atoms with van der Waals surface area (Å²) in [5.74, 6) is -1.18. The van der Waals surface area contributed by atoms with Crippen LogP contribution in [0.15, 0.2) is 53.4 Å². The van der Waals surface area contributed by atoms with Gasteiger partial charge in [-0.15, -0.1) is 11.3 Å². The summed E-state index contributed by atoms with van der Waals surface area (Å²) >= 11 is 1.28. The minimum absolute atomic E-state index is 0.0983. The lowest BCUT2D eigenvalue weighted by Gasteiger charge is -2.33. The van der Waals surface area contributed by atoms with Gasteiger partial charge in [0.25, 0.3) is 5.91 Å². The Morgan fingerprint density at radius 3 is 2.36 bits per heavy atom. The first-order chi connectivity index (χ1) is 13.3. The number of carbonyl (C=O) groups is 1.